The fourth-order valence-corrected chi connectivity index (χ4v) is 3.94. The van der Waals surface area contributed by atoms with E-state index in [0.717, 1.165) is 5.56 Å². The third kappa shape index (κ3) is 3.31. The quantitative estimate of drug-likeness (QED) is 0.797. The highest BCUT2D eigenvalue weighted by molar-refractivity contribution is 9.10. The predicted octanol–water partition coefficient (Wildman–Crippen LogP) is 3.30. The van der Waals surface area contributed by atoms with Crippen LogP contribution >= 0.6 is 31.9 Å². The van der Waals surface area contributed by atoms with E-state index in [1.807, 2.05) is 19.1 Å². The van der Waals surface area contributed by atoms with Crippen molar-refractivity contribution in [2.45, 2.75) is 11.8 Å². The molecular weight excluding hydrogens is 410 g/mol. The number of benzene rings is 1. The molecule has 0 spiro atoms. The van der Waals surface area contributed by atoms with Crippen molar-refractivity contribution in [2.24, 2.45) is 0 Å². The van der Waals surface area contributed by atoms with Crippen LogP contribution in [0.15, 0.2) is 44.3 Å². The van der Waals surface area contributed by atoms with Gasteiger partial charge in [-0.15, -0.1) is 0 Å². The minimum absolute atomic E-state index is 0.0519. The summed E-state index contributed by atoms with van der Waals surface area (Å²) < 4.78 is 28.4. The Morgan fingerprint density at radius 3 is 2.60 bits per heavy atom. The van der Waals surface area contributed by atoms with Crippen molar-refractivity contribution in [3.8, 4) is 0 Å². The number of pyridine rings is 1. The molecule has 0 aliphatic heterocycles. The Hall–Kier alpha value is -1.12. The van der Waals surface area contributed by atoms with Crippen LogP contribution < -0.4 is 10.5 Å². The van der Waals surface area contributed by atoms with E-state index in [4.69, 9.17) is 5.73 Å². The van der Waals surface area contributed by atoms with Crippen molar-refractivity contribution in [1.82, 2.24) is 4.98 Å². The van der Waals surface area contributed by atoms with Crippen LogP contribution in [0.2, 0.25) is 0 Å². The van der Waals surface area contributed by atoms with Crippen molar-refractivity contribution in [3.63, 3.8) is 0 Å². The van der Waals surface area contributed by atoms with Gasteiger partial charge in [0.25, 0.3) is 10.0 Å². The normalized spacial score (nSPS) is 11.3. The molecule has 0 amide bonds. The number of hydrogen-bond donors (Lipinski definition) is 2. The first kappa shape index (κ1) is 15.3. The summed E-state index contributed by atoms with van der Waals surface area (Å²) in [5.41, 5.74) is 7.09. The van der Waals surface area contributed by atoms with Crippen molar-refractivity contribution in [2.75, 3.05) is 10.5 Å². The van der Waals surface area contributed by atoms with Gasteiger partial charge in [0.05, 0.1) is 5.69 Å². The standard InChI is InChI=1S/C12H11Br2N3O2S/c1-7-2-3-10(9(14)4-7)17-20(18,19)11-5-8(13)6-16-12(11)15/h2-6,17H,1H3,(H2,15,16). The van der Waals surface area contributed by atoms with Gasteiger partial charge in [-0.2, -0.15) is 0 Å². The highest BCUT2D eigenvalue weighted by Crippen LogP contribution is 2.28. The van der Waals surface area contributed by atoms with Crippen molar-refractivity contribution in [3.05, 3.63) is 45.0 Å². The molecule has 0 saturated heterocycles. The molecule has 0 atom stereocenters. The number of nitrogen functional groups attached to an aromatic ring is 1. The van der Waals surface area contributed by atoms with E-state index in [1.54, 1.807) is 6.07 Å². The number of aromatic nitrogens is 1. The summed E-state index contributed by atoms with van der Waals surface area (Å²) in [4.78, 5) is 3.75. The largest absolute Gasteiger partial charge is 0.383 e. The Morgan fingerprint density at radius 2 is 1.95 bits per heavy atom. The molecule has 0 saturated carbocycles. The second kappa shape index (κ2) is 5.71. The Morgan fingerprint density at radius 1 is 1.25 bits per heavy atom. The molecule has 0 unspecified atom stereocenters. The monoisotopic (exact) mass is 419 g/mol. The zero-order valence-electron chi connectivity index (χ0n) is 10.4. The van der Waals surface area contributed by atoms with Crippen LogP contribution in [-0.4, -0.2) is 13.4 Å². The van der Waals surface area contributed by atoms with Crippen LogP contribution in [0.3, 0.4) is 0 Å². The molecule has 5 nitrogen and oxygen atoms in total. The molecule has 0 aliphatic rings. The number of nitrogens with two attached hydrogens (primary N) is 1. The number of nitrogens with one attached hydrogen (secondary N) is 1. The van der Waals surface area contributed by atoms with Crippen LogP contribution in [0.1, 0.15) is 5.56 Å². The van der Waals surface area contributed by atoms with Gasteiger partial charge in [0.2, 0.25) is 0 Å². The summed E-state index contributed by atoms with van der Waals surface area (Å²) in [5.74, 6) is -0.0519. The van der Waals surface area contributed by atoms with Gasteiger partial charge in [0, 0.05) is 15.1 Å². The lowest BCUT2D eigenvalue weighted by Crippen LogP contribution is -2.16. The van der Waals surface area contributed by atoms with Gasteiger partial charge in [-0.1, -0.05) is 6.07 Å². The maximum atomic E-state index is 12.3. The second-order valence-electron chi connectivity index (χ2n) is 4.13. The maximum Gasteiger partial charge on any atom is 0.265 e. The van der Waals surface area contributed by atoms with E-state index >= 15 is 0 Å². The van der Waals surface area contributed by atoms with Gasteiger partial charge in [-0.3, -0.25) is 4.72 Å². The third-order valence-electron chi connectivity index (χ3n) is 2.51. The molecule has 1 aromatic heterocycles. The molecule has 106 valence electrons. The summed E-state index contributed by atoms with van der Waals surface area (Å²) in [5, 5.41) is 0. The van der Waals surface area contributed by atoms with E-state index in [-0.39, 0.29) is 10.7 Å². The third-order valence-corrected chi connectivity index (χ3v) is 4.99. The van der Waals surface area contributed by atoms with Crippen molar-refractivity contribution < 1.29 is 8.42 Å². The minimum Gasteiger partial charge on any atom is -0.383 e. The molecule has 1 aromatic carbocycles. The zero-order chi connectivity index (χ0) is 14.9. The lowest BCUT2D eigenvalue weighted by Gasteiger charge is -2.11. The summed E-state index contributed by atoms with van der Waals surface area (Å²) in [6.45, 7) is 1.92. The van der Waals surface area contributed by atoms with Crippen molar-refractivity contribution >= 4 is 53.4 Å². The van der Waals surface area contributed by atoms with Gasteiger partial charge in [-0.25, -0.2) is 13.4 Å². The number of halogens is 2. The van der Waals surface area contributed by atoms with E-state index in [1.165, 1.54) is 12.3 Å². The number of aryl methyl sites for hydroxylation is 1. The van der Waals surface area contributed by atoms with Gasteiger partial charge in [-0.05, 0) is 62.5 Å². The van der Waals surface area contributed by atoms with Crippen LogP contribution in [0.25, 0.3) is 0 Å². The smallest absolute Gasteiger partial charge is 0.265 e. The molecule has 2 aromatic rings. The molecule has 0 aliphatic carbocycles. The minimum atomic E-state index is -3.80. The molecule has 0 fully saturated rings. The van der Waals surface area contributed by atoms with E-state index in [0.29, 0.717) is 14.6 Å². The highest BCUT2D eigenvalue weighted by atomic mass is 79.9. The van der Waals surface area contributed by atoms with Crippen LogP contribution in [0, 0.1) is 6.92 Å². The number of rotatable bonds is 3. The molecule has 0 bridgehead atoms. The zero-order valence-corrected chi connectivity index (χ0v) is 14.4. The summed E-state index contributed by atoms with van der Waals surface area (Å²) in [6.07, 6.45) is 1.44. The lowest BCUT2D eigenvalue weighted by atomic mass is 10.2. The Kier molecular flexibility index (Phi) is 4.36. The predicted molar refractivity (Wildman–Crippen MR) is 86.0 cm³/mol. The number of anilines is 2. The second-order valence-corrected chi connectivity index (χ2v) is 7.55. The first-order chi connectivity index (χ1) is 9.29. The number of hydrogen-bond acceptors (Lipinski definition) is 4. The molecule has 8 heteroatoms. The molecule has 2 rings (SSSR count). The van der Waals surface area contributed by atoms with Gasteiger partial charge >= 0.3 is 0 Å². The summed E-state index contributed by atoms with van der Waals surface area (Å²) in [7, 11) is -3.80. The Balaban J connectivity index is 2.43. The van der Waals surface area contributed by atoms with Crippen LogP contribution in [0.5, 0.6) is 0 Å². The summed E-state index contributed by atoms with van der Waals surface area (Å²) >= 11 is 6.50. The topological polar surface area (TPSA) is 85.1 Å². The molecule has 3 N–H and O–H groups in total. The fourth-order valence-electron chi connectivity index (χ4n) is 1.55. The summed E-state index contributed by atoms with van der Waals surface area (Å²) in [6, 6.07) is 6.72. The average Bonchev–Trinajstić information content (AvgIpc) is 2.35. The van der Waals surface area contributed by atoms with Crippen LogP contribution in [0.4, 0.5) is 11.5 Å². The lowest BCUT2D eigenvalue weighted by molar-refractivity contribution is 0.601. The molecule has 1 heterocycles. The number of sulfonamides is 1. The fraction of sp³-hybridized carbons (Fsp3) is 0.0833. The Labute approximate surface area is 133 Å². The van der Waals surface area contributed by atoms with E-state index < -0.39 is 10.0 Å². The number of nitrogens with zero attached hydrogens (tertiary/aromatic N) is 1. The van der Waals surface area contributed by atoms with E-state index in [2.05, 4.69) is 41.6 Å². The van der Waals surface area contributed by atoms with Crippen molar-refractivity contribution in [1.29, 1.82) is 0 Å². The molecular formula is C12H11Br2N3O2S. The Bertz CT molecular complexity index is 763. The average molecular weight is 421 g/mol. The maximum absolute atomic E-state index is 12.3. The molecule has 0 radical (unpaired) electrons. The SMILES string of the molecule is Cc1ccc(NS(=O)(=O)c2cc(Br)cnc2N)c(Br)c1. The first-order valence-corrected chi connectivity index (χ1v) is 8.56. The van der Waals surface area contributed by atoms with Gasteiger partial charge < -0.3 is 5.73 Å². The van der Waals surface area contributed by atoms with Gasteiger partial charge in [0.1, 0.15) is 10.7 Å². The van der Waals surface area contributed by atoms with E-state index in [9.17, 15) is 8.42 Å². The first-order valence-electron chi connectivity index (χ1n) is 5.49. The highest BCUT2D eigenvalue weighted by Gasteiger charge is 2.20. The van der Waals surface area contributed by atoms with Gasteiger partial charge in [0.15, 0.2) is 0 Å². The molecule has 20 heavy (non-hydrogen) atoms. The van der Waals surface area contributed by atoms with Crippen LogP contribution in [-0.2, 0) is 10.0 Å².